The van der Waals surface area contributed by atoms with Gasteiger partial charge in [-0.2, -0.15) is 0 Å². The van der Waals surface area contributed by atoms with Crippen molar-refractivity contribution in [2.45, 2.75) is 52.1 Å². The molecule has 2 aliphatic carbocycles. The number of aliphatic hydroxyl groups is 1. The van der Waals surface area contributed by atoms with Gasteiger partial charge in [0.25, 0.3) is 0 Å². The summed E-state index contributed by atoms with van der Waals surface area (Å²) < 4.78 is 0. The third-order valence-corrected chi connectivity index (χ3v) is 3.84. The summed E-state index contributed by atoms with van der Waals surface area (Å²) in [6.45, 7) is 4.57. The number of hydrogen-bond acceptors (Lipinski definition) is 1. The van der Waals surface area contributed by atoms with Crippen LogP contribution in [0.4, 0.5) is 0 Å². The van der Waals surface area contributed by atoms with Crippen LogP contribution in [0.3, 0.4) is 0 Å². The molecule has 0 spiro atoms. The van der Waals surface area contributed by atoms with Crippen LogP contribution in [-0.2, 0) is 0 Å². The van der Waals surface area contributed by atoms with Gasteiger partial charge in [-0.1, -0.05) is 18.1 Å². The Morgan fingerprint density at radius 3 is 2.77 bits per heavy atom. The summed E-state index contributed by atoms with van der Waals surface area (Å²) in [4.78, 5) is 0. The molecule has 0 heterocycles. The van der Waals surface area contributed by atoms with Crippen molar-refractivity contribution in [1.29, 1.82) is 0 Å². The Balaban J connectivity index is 2.21. The molecule has 2 rings (SSSR count). The molecule has 74 valence electrons. The second kappa shape index (κ2) is 3.45. The van der Waals surface area contributed by atoms with Crippen LogP contribution >= 0.6 is 0 Å². The summed E-state index contributed by atoms with van der Waals surface area (Å²) in [6, 6.07) is 0. The molecule has 1 saturated carbocycles. The Morgan fingerprint density at radius 2 is 2.00 bits per heavy atom. The zero-order chi connectivity index (χ0) is 9.42. The van der Waals surface area contributed by atoms with Crippen LogP contribution in [0.15, 0.2) is 11.1 Å². The minimum atomic E-state index is -0.0403. The van der Waals surface area contributed by atoms with Gasteiger partial charge in [-0.3, -0.25) is 0 Å². The van der Waals surface area contributed by atoms with E-state index in [1.54, 1.807) is 11.1 Å². The molecule has 0 aromatic carbocycles. The maximum Gasteiger partial charge on any atom is 0.0608 e. The molecule has 1 fully saturated rings. The number of hydrogen-bond donors (Lipinski definition) is 1. The molecule has 1 N–H and O–H groups in total. The van der Waals surface area contributed by atoms with E-state index in [4.69, 9.17) is 0 Å². The summed E-state index contributed by atoms with van der Waals surface area (Å²) in [6.07, 6.45) is 5.87. The van der Waals surface area contributed by atoms with Gasteiger partial charge in [-0.15, -0.1) is 0 Å². The van der Waals surface area contributed by atoms with Gasteiger partial charge in [0.15, 0.2) is 0 Å². The molecular weight excluding hydrogens is 160 g/mol. The summed E-state index contributed by atoms with van der Waals surface area (Å²) in [5.41, 5.74) is 3.17. The molecule has 0 aromatic heterocycles. The van der Waals surface area contributed by atoms with Crippen LogP contribution in [0.5, 0.6) is 0 Å². The van der Waals surface area contributed by atoms with Gasteiger partial charge >= 0.3 is 0 Å². The third kappa shape index (κ3) is 1.67. The predicted molar refractivity (Wildman–Crippen MR) is 54.4 cm³/mol. The average molecular weight is 180 g/mol. The highest BCUT2D eigenvalue weighted by Crippen LogP contribution is 2.41. The van der Waals surface area contributed by atoms with E-state index in [1.807, 2.05) is 0 Å². The van der Waals surface area contributed by atoms with Crippen molar-refractivity contribution in [3.05, 3.63) is 11.1 Å². The van der Waals surface area contributed by atoms with Crippen LogP contribution < -0.4 is 0 Å². The molecule has 0 aromatic rings. The van der Waals surface area contributed by atoms with Gasteiger partial charge in [0.05, 0.1) is 6.10 Å². The maximum absolute atomic E-state index is 9.91. The van der Waals surface area contributed by atoms with Crippen molar-refractivity contribution in [3.63, 3.8) is 0 Å². The summed E-state index contributed by atoms with van der Waals surface area (Å²) in [5, 5.41) is 9.91. The Hall–Kier alpha value is -0.300. The van der Waals surface area contributed by atoms with Crippen molar-refractivity contribution in [3.8, 4) is 0 Å². The third-order valence-electron chi connectivity index (χ3n) is 3.84. The molecule has 1 nitrogen and oxygen atoms in total. The van der Waals surface area contributed by atoms with Gasteiger partial charge < -0.3 is 5.11 Å². The zero-order valence-electron chi connectivity index (χ0n) is 8.71. The van der Waals surface area contributed by atoms with E-state index in [2.05, 4.69) is 13.8 Å². The number of rotatable bonds is 0. The lowest BCUT2D eigenvalue weighted by Crippen LogP contribution is -2.31. The van der Waals surface area contributed by atoms with E-state index in [0.717, 1.165) is 18.8 Å². The molecule has 0 radical (unpaired) electrons. The van der Waals surface area contributed by atoms with E-state index in [9.17, 15) is 5.11 Å². The molecule has 2 aliphatic rings. The van der Waals surface area contributed by atoms with Crippen molar-refractivity contribution in [1.82, 2.24) is 0 Å². The monoisotopic (exact) mass is 180 g/mol. The Labute approximate surface area is 80.8 Å². The fourth-order valence-corrected chi connectivity index (χ4v) is 2.93. The first-order valence-electron chi connectivity index (χ1n) is 5.55. The Bertz CT molecular complexity index is 229. The van der Waals surface area contributed by atoms with Gasteiger partial charge in [0.1, 0.15) is 0 Å². The summed E-state index contributed by atoms with van der Waals surface area (Å²) in [5.74, 6) is 1.33. The first-order valence-corrected chi connectivity index (χ1v) is 5.55. The van der Waals surface area contributed by atoms with Crippen LogP contribution in [0.1, 0.15) is 46.0 Å². The fraction of sp³-hybridized carbons (Fsp3) is 0.833. The number of aliphatic hydroxyl groups excluding tert-OH is 1. The molecule has 3 atom stereocenters. The average Bonchev–Trinajstić information content (AvgIpc) is 2.12. The summed E-state index contributed by atoms with van der Waals surface area (Å²) in [7, 11) is 0. The SMILES string of the molecule is CC1=C2CCC(C)CC2C(O)CC1. The topological polar surface area (TPSA) is 20.2 Å². The largest absolute Gasteiger partial charge is 0.392 e. The lowest BCUT2D eigenvalue weighted by atomic mass is 9.70. The highest BCUT2D eigenvalue weighted by Gasteiger charge is 2.32. The summed E-state index contributed by atoms with van der Waals surface area (Å²) >= 11 is 0. The second-order valence-electron chi connectivity index (χ2n) is 4.90. The van der Waals surface area contributed by atoms with Gasteiger partial charge in [-0.05, 0) is 44.9 Å². The fourth-order valence-electron chi connectivity index (χ4n) is 2.93. The number of allylic oxidation sites excluding steroid dienone is 1. The Kier molecular flexibility index (Phi) is 2.46. The van der Waals surface area contributed by atoms with Crippen molar-refractivity contribution < 1.29 is 5.11 Å². The van der Waals surface area contributed by atoms with Gasteiger partial charge in [0, 0.05) is 5.92 Å². The minimum Gasteiger partial charge on any atom is -0.392 e. The van der Waals surface area contributed by atoms with Crippen LogP contribution in [-0.4, -0.2) is 11.2 Å². The molecule has 0 saturated heterocycles. The van der Waals surface area contributed by atoms with E-state index in [1.165, 1.54) is 19.3 Å². The first kappa shape index (κ1) is 9.26. The predicted octanol–water partition coefficient (Wildman–Crippen LogP) is 2.89. The molecule has 13 heavy (non-hydrogen) atoms. The minimum absolute atomic E-state index is 0.0403. The number of fused-ring (bicyclic) bond motifs is 1. The molecule has 0 bridgehead atoms. The maximum atomic E-state index is 9.91. The van der Waals surface area contributed by atoms with Gasteiger partial charge in [-0.25, -0.2) is 0 Å². The Morgan fingerprint density at radius 1 is 1.23 bits per heavy atom. The van der Waals surface area contributed by atoms with E-state index < -0.39 is 0 Å². The highest BCUT2D eigenvalue weighted by atomic mass is 16.3. The van der Waals surface area contributed by atoms with Crippen molar-refractivity contribution >= 4 is 0 Å². The van der Waals surface area contributed by atoms with Gasteiger partial charge in [0.2, 0.25) is 0 Å². The van der Waals surface area contributed by atoms with E-state index in [0.29, 0.717) is 5.92 Å². The highest BCUT2D eigenvalue weighted by molar-refractivity contribution is 5.22. The first-order chi connectivity index (χ1) is 6.18. The molecular formula is C12H20O. The normalized spacial score (nSPS) is 40.4. The van der Waals surface area contributed by atoms with Crippen LogP contribution in [0.25, 0.3) is 0 Å². The van der Waals surface area contributed by atoms with Crippen molar-refractivity contribution in [2.24, 2.45) is 11.8 Å². The molecule has 0 amide bonds. The standard InChI is InChI=1S/C12H20O/c1-8-3-5-10-9(2)4-6-12(13)11(10)7-8/h8,11-13H,3-7H2,1-2H3. The molecule has 0 aliphatic heterocycles. The van der Waals surface area contributed by atoms with E-state index in [-0.39, 0.29) is 6.10 Å². The van der Waals surface area contributed by atoms with Crippen molar-refractivity contribution in [2.75, 3.05) is 0 Å². The lowest BCUT2D eigenvalue weighted by Gasteiger charge is -2.37. The second-order valence-corrected chi connectivity index (χ2v) is 4.90. The smallest absolute Gasteiger partial charge is 0.0608 e. The van der Waals surface area contributed by atoms with E-state index >= 15 is 0 Å². The van der Waals surface area contributed by atoms with Crippen LogP contribution in [0, 0.1) is 11.8 Å². The molecule has 1 heteroatoms. The zero-order valence-corrected chi connectivity index (χ0v) is 8.71. The lowest BCUT2D eigenvalue weighted by molar-refractivity contribution is 0.0833. The quantitative estimate of drug-likeness (QED) is 0.568. The molecule has 3 unspecified atom stereocenters. The van der Waals surface area contributed by atoms with Crippen LogP contribution in [0.2, 0.25) is 0 Å².